The average molecular weight is 280 g/mol. The molecule has 0 spiro atoms. The molecule has 0 saturated carbocycles. The topological polar surface area (TPSA) is 37.6 Å². The summed E-state index contributed by atoms with van der Waals surface area (Å²) in [5.74, 6) is 0.965. The Morgan fingerprint density at radius 1 is 1.30 bits per heavy atom. The van der Waals surface area contributed by atoms with E-state index in [-0.39, 0.29) is 0 Å². The van der Waals surface area contributed by atoms with Gasteiger partial charge in [-0.3, -0.25) is 0 Å². The SMILES string of the molecule is CCCNCc1ccoc1COCCN1CCCCC1. The van der Waals surface area contributed by atoms with Gasteiger partial charge in [0.2, 0.25) is 0 Å². The molecule has 20 heavy (non-hydrogen) atoms. The molecule has 0 aromatic carbocycles. The van der Waals surface area contributed by atoms with E-state index in [4.69, 9.17) is 9.15 Å². The quantitative estimate of drug-likeness (QED) is 0.706. The van der Waals surface area contributed by atoms with Gasteiger partial charge in [0.1, 0.15) is 12.4 Å². The number of furan rings is 1. The third-order valence-corrected chi connectivity index (χ3v) is 3.81. The Labute approximate surface area is 122 Å². The van der Waals surface area contributed by atoms with E-state index in [1.807, 2.05) is 6.07 Å². The fourth-order valence-corrected chi connectivity index (χ4v) is 2.59. The number of ether oxygens (including phenoxy) is 1. The number of nitrogens with zero attached hydrogens (tertiary/aromatic N) is 1. The van der Waals surface area contributed by atoms with Crippen LogP contribution >= 0.6 is 0 Å². The van der Waals surface area contributed by atoms with Crippen LogP contribution in [0.1, 0.15) is 43.9 Å². The monoisotopic (exact) mass is 280 g/mol. The summed E-state index contributed by atoms with van der Waals surface area (Å²) in [4.78, 5) is 2.50. The summed E-state index contributed by atoms with van der Waals surface area (Å²) >= 11 is 0. The van der Waals surface area contributed by atoms with Crippen LogP contribution in [0, 0.1) is 0 Å². The molecule has 1 saturated heterocycles. The van der Waals surface area contributed by atoms with Crippen LogP contribution in [0.3, 0.4) is 0 Å². The van der Waals surface area contributed by atoms with Crippen LogP contribution in [-0.4, -0.2) is 37.7 Å². The molecule has 1 aromatic rings. The molecule has 1 aliphatic heterocycles. The lowest BCUT2D eigenvalue weighted by atomic mass is 10.1. The van der Waals surface area contributed by atoms with Gasteiger partial charge in [-0.1, -0.05) is 13.3 Å². The molecule has 1 aromatic heterocycles. The van der Waals surface area contributed by atoms with Crippen LogP contribution in [0.4, 0.5) is 0 Å². The summed E-state index contributed by atoms with van der Waals surface area (Å²) < 4.78 is 11.3. The third-order valence-electron chi connectivity index (χ3n) is 3.81. The molecule has 2 heterocycles. The zero-order valence-corrected chi connectivity index (χ0v) is 12.7. The van der Waals surface area contributed by atoms with E-state index >= 15 is 0 Å². The molecule has 4 nitrogen and oxygen atoms in total. The highest BCUT2D eigenvalue weighted by molar-refractivity contribution is 5.16. The van der Waals surface area contributed by atoms with E-state index in [1.165, 1.54) is 37.9 Å². The Morgan fingerprint density at radius 2 is 2.15 bits per heavy atom. The van der Waals surface area contributed by atoms with Crippen molar-refractivity contribution in [3.05, 3.63) is 23.7 Å². The van der Waals surface area contributed by atoms with Crippen molar-refractivity contribution >= 4 is 0 Å². The number of likely N-dealkylation sites (tertiary alicyclic amines) is 1. The Morgan fingerprint density at radius 3 is 2.95 bits per heavy atom. The van der Waals surface area contributed by atoms with Crippen molar-refractivity contribution in [2.24, 2.45) is 0 Å². The van der Waals surface area contributed by atoms with Crippen LogP contribution in [0.5, 0.6) is 0 Å². The van der Waals surface area contributed by atoms with Crippen molar-refractivity contribution in [3.63, 3.8) is 0 Å². The maximum absolute atomic E-state index is 5.76. The normalized spacial score (nSPS) is 16.6. The molecule has 0 radical (unpaired) electrons. The fourth-order valence-electron chi connectivity index (χ4n) is 2.59. The standard InChI is InChI=1S/C16H28N2O2/c1-2-7-17-13-15-6-11-20-16(15)14-19-12-10-18-8-4-3-5-9-18/h6,11,17H,2-5,7-10,12-14H2,1H3. The molecule has 0 bridgehead atoms. The van der Waals surface area contributed by atoms with E-state index in [1.54, 1.807) is 6.26 Å². The fraction of sp³-hybridized carbons (Fsp3) is 0.750. The van der Waals surface area contributed by atoms with E-state index < -0.39 is 0 Å². The molecule has 1 N–H and O–H groups in total. The van der Waals surface area contributed by atoms with Crippen molar-refractivity contribution in [1.29, 1.82) is 0 Å². The van der Waals surface area contributed by atoms with Gasteiger partial charge in [-0.2, -0.15) is 0 Å². The van der Waals surface area contributed by atoms with Crippen LogP contribution in [0.25, 0.3) is 0 Å². The zero-order valence-electron chi connectivity index (χ0n) is 12.7. The highest BCUT2D eigenvalue weighted by Crippen LogP contribution is 2.12. The average Bonchev–Trinajstić information content (AvgIpc) is 2.93. The van der Waals surface area contributed by atoms with Gasteiger partial charge in [-0.15, -0.1) is 0 Å². The molecular weight excluding hydrogens is 252 g/mol. The minimum Gasteiger partial charge on any atom is -0.467 e. The molecule has 0 amide bonds. The van der Waals surface area contributed by atoms with Gasteiger partial charge in [0, 0.05) is 18.7 Å². The predicted octanol–water partition coefficient (Wildman–Crippen LogP) is 2.78. The summed E-state index contributed by atoms with van der Waals surface area (Å²) in [5.41, 5.74) is 1.22. The Kier molecular flexibility index (Phi) is 7.12. The van der Waals surface area contributed by atoms with Crippen molar-refractivity contribution in [1.82, 2.24) is 10.2 Å². The molecule has 114 valence electrons. The zero-order chi connectivity index (χ0) is 14.0. The van der Waals surface area contributed by atoms with Gasteiger partial charge in [0.05, 0.1) is 12.9 Å². The minimum atomic E-state index is 0.587. The summed E-state index contributed by atoms with van der Waals surface area (Å²) in [6.45, 7) is 8.98. The smallest absolute Gasteiger partial charge is 0.133 e. The van der Waals surface area contributed by atoms with E-state index in [0.29, 0.717) is 6.61 Å². The molecule has 4 heteroatoms. The highest BCUT2D eigenvalue weighted by atomic mass is 16.5. The first kappa shape index (κ1) is 15.5. The highest BCUT2D eigenvalue weighted by Gasteiger charge is 2.10. The Hall–Kier alpha value is -0.840. The number of rotatable bonds is 9. The van der Waals surface area contributed by atoms with Crippen LogP contribution in [-0.2, 0) is 17.9 Å². The summed E-state index contributed by atoms with van der Waals surface area (Å²) in [6, 6.07) is 2.03. The second-order valence-electron chi connectivity index (χ2n) is 5.50. The van der Waals surface area contributed by atoms with E-state index in [9.17, 15) is 0 Å². The maximum Gasteiger partial charge on any atom is 0.133 e. The largest absolute Gasteiger partial charge is 0.467 e. The second-order valence-corrected chi connectivity index (χ2v) is 5.50. The van der Waals surface area contributed by atoms with Crippen molar-refractivity contribution in [2.75, 3.05) is 32.8 Å². The number of piperidine rings is 1. The predicted molar refractivity (Wildman–Crippen MR) is 80.7 cm³/mol. The first-order valence-corrected chi connectivity index (χ1v) is 7.96. The second kappa shape index (κ2) is 9.16. The molecule has 0 atom stereocenters. The Bertz CT molecular complexity index is 359. The summed E-state index contributed by atoms with van der Waals surface area (Å²) in [7, 11) is 0. The van der Waals surface area contributed by atoms with Crippen LogP contribution in [0.2, 0.25) is 0 Å². The summed E-state index contributed by atoms with van der Waals surface area (Å²) in [5, 5.41) is 3.40. The number of hydrogen-bond acceptors (Lipinski definition) is 4. The van der Waals surface area contributed by atoms with Gasteiger partial charge in [0.15, 0.2) is 0 Å². The third kappa shape index (κ3) is 5.27. The van der Waals surface area contributed by atoms with Gasteiger partial charge in [-0.05, 0) is 45.0 Å². The van der Waals surface area contributed by atoms with E-state index in [2.05, 4.69) is 17.1 Å². The van der Waals surface area contributed by atoms with Crippen molar-refractivity contribution < 1.29 is 9.15 Å². The van der Waals surface area contributed by atoms with Crippen LogP contribution < -0.4 is 5.32 Å². The first-order chi connectivity index (χ1) is 9.90. The molecular formula is C16H28N2O2. The van der Waals surface area contributed by atoms with Gasteiger partial charge in [0.25, 0.3) is 0 Å². The van der Waals surface area contributed by atoms with Gasteiger partial charge in [-0.25, -0.2) is 0 Å². The van der Waals surface area contributed by atoms with Crippen LogP contribution in [0.15, 0.2) is 16.7 Å². The lowest BCUT2D eigenvalue weighted by molar-refractivity contribution is 0.0759. The van der Waals surface area contributed by atoms with E-state index in [0.717, 1.165) is 38.4 Å². The lowest BCUT2D eigenvalue weighted by Crippen LogP contribution is -2.32. The van der Waals surface area contributed by atoms with Crippen molar-refractivity contribution in [3.8, 4) is 0 Å². The van der Waals surface area contributed by atoms with Gasteiger partial charge >= 0.3 is 0 Å². The molecule has 1 aliphatic rings. The number of hydrogen-bond donors (Lipinski definition) is 1. The first-order valence-electron chi connectivity index (χ1n) is 7.96. The number of nitrogens with one attached hydrogen (secondary N) is 1. The minimum absolute atomic E-state index is 0.587. The summed E-state index contributed by atoms with van der Waals surface area (Å²) in [6.07, 6.45) is 6.97. The molecule has 0 unspecified atom stereocenters. The lowest BCUT2D eigenvalue weighted by Gasteiger charge is -2.26. The Balaban J connectivity index is 1.62. The maximum atomic E-state index is 5.76. The molecule has 1 fully saturated rings. The van der Waals surface area contributed by atoms with Crippen molar-refractivity contribution in [2.45, 2.75) is 45.8 Å². The van der Waals surface area contributed by atoms with Gasteiger partial charge < -0.3 is 19.4 Å². The molecule has 0 aliphatic carbocycles. The molecule has 2 rings (SSSR count).